The number of nitro groups is 2. The van der Waals surface area contributed by atoms with E-state index < -0.39 is 19.9 Å². The van der Waals surface area contributed by atoms with Gasteiger partial charge in [0.1, 0.15) is 5.02 Å². The minimum atomic E-state index is -4.17. The number of rotatable bonds is 6. The van der Waals surface area contributed by atoms with Crippen LogP contribution in [-0.4, -0.2) is 24.0 Å². The molecule has 0 aliphatic carbocycles. The zero-order valence-corrected chi connectivity index (χ0v) is 15.6. The number of halogens is 1. The lowest BCUT2D eigenvalue weighted by molar-refractivity contribution is -0.385. The summed E-state index contributed by atoms with van der Waals surface area (Å²) in [6.45, 7) is 2.92. The first-order valence-electron chi connectivity index (χ1n) is 7.28. The highest BCUT2D eigenvalue weighted by Gasteiger charge is 2.20. The lowest BCUT2D eigenvalue weighted by atomic mass is 10.1. The number of sulfonamides is 1. The minimum absolute atomic E-state index is 0.0657. The predicted molar refractivity (Wildman–Crippen MR) is 98.5 cm³/mol. The van der Waals surface area contributed by atoms with E-state index in [9.17, 15) is 28.6 Å². The van der Waals surface area contributed by atoms with Gasteiger partial charge in [0.05, 0.1) is 20.5 Å². The van der Waals surface area contributed by atoms with E-state index in [1.54, 1.807) is 0 Å². The van der Waals surface area contributed by atoms with Crippen LogP contribution >= 0.6 is 11.6 Å². The average Bonchev–Trinajstić information content (AvgIpc) is 2.59. The van der Waals surface area contributed by atoms with Crippen LogP contribution in [-0.2, 0) is 10.0 Å². The van der Waals surface area contributed by atoms with Gasteiger partial charge in [-0.2, -0.15) is 18.4 Å². The fourth-order valence-corrected chi connectivity index (χ4v) is 3.14. The molecule has 0 amide bonds. The second-order valence-electron chi connectivity index (χ2n) is 5.42. The van der Waals surface area contributed by atoms with E-state index in [2.05, 4.69) is 5.10 Å². The average molecular weight is 413 g/mol. The smallest absolute Gasteiger partial charge is 0.258 e. The van der Waals surface area contributed by atoms with E-state index in [0.29, 0.717) is 5.56 Å². The SMILES string of the molecule is C/C(=N\NS(=O)(=O)c1ccc(C)c([N+](=O)[O-])c1)c1ccc(Cl)c([N+](=O)[O-])c1. The van der Waals surface area contributed by atoms with Crippen molar-refractivity contribution in [2.45, 2.75) is 18.7 Å². The summed E-state index contributed by atoms with van der Waals surface area (Å²) < 4.78 is 24.6. The summed E-state index contributed by atoms with van der Waals surface area (Å²) in [5.41, 5.74) is 0.0448. The molecule has 0 atom stereocenters. The maximum atomic E-state index is 12.3. The summed E-state index contributed by atoms with van der Waals surface area (Å²) in [7, 11) is -4.17. The Bertz CT molecular complexity index is 1070. The summed E-state index contributed by atoms with van der Waals surface area (Å²) in [5.74, 6) is 0. The molecule has 2 rings (SSSR count). The van der Waals surface area contributed by atoms with Crippen molar-refractivity contribution in [2.24, 2.45) is 5.10 Å². The molecule has 0 heterocycles. The van der Waals surface area contributed by atoms with Crippen molar-refractivity contribution in [3.8, 4) is 0 Å². The Hall–Kier alpha value is -3.05. The molecule has 142 valence electrons. The van der Waals surface area contributed by atoms with E-state index in [0.717, 1.165) is 12.1 Å². The van der Waals surface area contributed by atoms with Crippen molar-refractivity contribution in [1.82, 2.24) is 4.83 Å². The number of aryl methyl sites for hydroxylation is 1. The molecule has 0 aliphatic rings. The first kappa shape index (κ1) is 20.3. The van der Waals surface area contributed by atoms with Gasteiger partial charge in [0.2, 0.25) is 0 Å². The first-order valence-corrected chi connectivity index (χ1v) is 9.14. The molecule has 0 radical (unpaired) electrons. The summed E-state index contributed by atoms with van der Waals surface area (Å²) in [5, 5.41) is 25.5. The number of hydrogen-bond donors (Lipinski definition) is 1. The lowest BCUT2D eigenvalue weighted by Crippen LogP contribution is -2.20. The van der Waals surface area contributed by atoms with Crippen LogP contribution in [0.5, 0.6) is 0 Å². The third kappa shape index (κ3) is 4.57. The van der Waals surface area contributed by atoms with E-state index >= 15 is 0 Å². The number of nitrogens with one attached hydrogen (secondary N) is 1. The van der Waals surface area contributed by atoms with Crippen LogP contribution < -0.4 is 4.83 Å². The van der Waals surface area contributed by atoms with E-state index in [1.807, 2.05) is 4.83 Å². The summed E-state index contributed by atoms with van der Waals surface area (Å²) >= 11 is 5.73. The third-order valence-corrected chi connectivity index (χ3v) is 5.11. The summed E-state index contributed by atoms with van der Waals surface area (Å²) in [6.07, 6.45) is 0. The number of hydrazone groups is 1. The van der Waals surface area contributed by atoms with Gasteiger partial charge in [-0.05, 0) is 26.0 Å². The highest BCUT2D eigenvalue weighted by Crippen LogP contribution is 2.25. The van der Waals surface area contributed by atoms with E-state index in [1.165, 1.54) is 38.1 Å². The van der Waals surface area contributed by atoms with Gasteiger partial charge in [-0.25, -0.2) is 0 Å². The van der Waals surface area contributed by atoms with E-state index in [-0.39, 0.29) is 32.6 Å². The normalized spacial score (nSPS) is 11.9. The largest absolute Gasteiger partial charge is 0.288 e. The molecule has 27 heavy (non-hydrogen) atoms. The fourth-order valence-electron chi connectivity index (χ4n) is 2.08. The van der Waals surface area contributed by atoms with Crippen molar-refractivity contribution in [3.63, 3.8) is 0 Å². The summed E-state index contributed by atoms with van der Waals surface area (Å²) in [4.78, 5) is 22.2. The van der Waals surface area contributed by atoms with Crippen LogP contribution in [0.4, 0.5) is 11.4 Å². The van der Waals surface area contributed by atoms with E-state index in [4.69, 9.17) is 11.6 Å². The van der Waals surface area contributed by atoms with Gasteiger partial charge in [0, 0.05) is 23.3 Å². The Balaban J connectivity index is 2.33. The van der Waals surface area contributed by atoms with Gasteiger partial charge in [-0.15, -0.1) is 0 Å². The Labute approximate surface area is 158 Å². The number of nitro benzene ring substituents is 2. The van der Waals surface area contributed by atoms with Crippen LogP contribution in [0.1, 0.15) is 18.1 Å². The topological polar surface area (TPSA) is 145 Å². The predicted octanol–water partition coefficient (Wildman–Crippen LogP) is 3.17. The van der Waals surface area contributed by atoms with Crippen LogP contribution in [0.2, 0.25) is 5.02 Å². The molecule has 0 saturated carbocycles. The highest BCUT2D eigenvalue weighted by atomic mass is 35.5. The third-order valence-electron chi connectivity index (χ3n) is 3.58. The molecule has 0 unspecified atom stereocenters. The molecule has 0 spiro atoms. The molecule has 0 fully saturated rings. The molecular formula is C15H13ClN4O6S. The Morgan fingerprint density at radius 2 is 1.70 bits per heavy atom. The van der Waals surface area contributed by atoms with Crippen LogP contribution in [0.3, 0.4) is 0 Å². The van der Waals surface area contributed by atoms with Gasteiger partial charge < -0.3 is 0 Å². The van der Waals surface area contributed by atoms with Crippen LogP contribution in [0.15, 0.2) is 46.4 Å². The van der Waals surface area contributed by atoms with Gasteiger partial charge in [-0.3, -0.25) is 20.2 Å². The van der Waals surface area contributed by atoms with Crippen LogP contribution in [0.25, 0.3) is 0 Å². The number of benzene rings is 2. The Morgan fingerprint density at radius 1 is 1.07 bits per heavy atom. The second kappa shape index (κ2) is 7.68. The number of hydrogen-bond acceptors (Lipinski definition) is 7. The first-order chi connectivity index (χ1) is 12.5. The molecule has 0 bridgehead atoms. The number of nitrogens with zero attached hydrogens (tertiary/aromatic N) is 3. The highest BCUT2D eigenvalue weighted by molar-refractivity contribution is 7.89. The van der Waals surface area contributed by atoms with Crippen molar-refractivity contribution in [1.29, 1.82) is 0 Å². The maximum absolute atomic E-state index is 12.3. The fraction of sp³-hybridized carbons (Fsp3) is 0.133. The quantitative estimate of drug-likeness (QED) is 0.438. The molecule has 0 aliphatic heterocycles. The molecule has 1 N–H and O–H groups in total. The summed E-state index contributed by atoms with van der Waals surface area (Å²) in [6, 6.07) is 7.35. The minimum Gasteiger partial charge on any atom is -0.258 e. The molecule has 0 aromatic heterocycles. The molecule has 2 aromatic carbocycles. The standard InChI is InChI=1S/C15H13ClN4O6S/c1-9-3-5-12(8-14(9)19(21)22)27(25,26)18-17-10(2)11-4-6-13(16)15(7-11)20(23)24/h3-8,18H,1-2H3/b17-10+. The van der Waals surface area contributed by atoms with Crippen molar-refractivity contribution < 1.29 is 18.3 Å². The van der Waals surface area contributed by atoms with Gasteiger partial charge in [0.25, 0.3) is 21.4 Å². The Kier molecular flexibility index (Phi) is 5.76. The van der Waals surface area contributed by atoms with Gasteiger partial charge >= 0.3 is 0 Å². The molecule has 10 nitrogen and oxygen atoms in total. The van der Waals surface area contributed by atoms with Crippen molar-refractivity contribution in [2.75, 3.05) is 0 Å². The zero-order valence-electron chi connectivity index (χ0n) is 14.0. The molecular weight excluding hydrogens is 400 g/mol. The maximum Gasteiger partial charge on any atom is 0.288 e. The second-order valence-corrected chi connectivity index (χ2v) is 7.49. The zero-order chi connectivity index (χ0) is 20.4. The van der Waals surface area contributed by atoms with Gasteiger partial charge in [0.15, 0.2) is 0 Å². The molecule has 0 saturated heterocycles. The van der Waals surface area contributed by atoms with Gasteiger partial charge in [-0.1, -0.05) is 23.7 Å². The monoisotopic (exact) mass is 412 g/mol. The van der Waals surface area contributed by atoms with Crippen LogP contribution in [0, 0.1) is 27.2 Å². The Morgan fingerprint density at radius 3 is 2.30 bits per heavy atom. The van der Waals surface area contributed by atoms with Crippen molar-refractivity contribution in [3.05, 3.63) is 72.8 Å². The lowest BCUT2D eigenvalue weighted by Gasteiger charge is -2.07. The molecule has 2 aromatic rings. The molecule has 12 heteroatoms. The van der Waals surface area contributed by atoms with Crippen molar-refractivity contribution >= 4 is 38.7 Å².